The van der Waals surface area contributed by atoms with Gasteiger partial charge in [-0.1, -0.05) is 0 Å². The molecule has 0 spiro atoms. The van der Waals surface area contributed by atoms with Crippen molar-refractivity contribution < 1.29 is 17.3 Å². The van der Waals surface area contributed by atoms with Crippen LogP contribution in [0.25, 0.3) is 0 Å². The lowest BCUT2D eigenvalue weighted by atomic mass is 10.0. The maximum Gasteiger partial charge on any atom is 0.117 e. The largest absolute Gasteiger partial charge is 0.387 e. The van der Waals surface area contributed by atoms with Gasteiger partial charge in [-0.25, -0.2) is 0 Å². The minimum Gasteiger partial charge on any atom is -0.387 e. The highest BCUT2D eigenvalue weighted by atomic mass is 16.6. The van der Waals surface area contributed by atoms with Crippen molar-refractivity contribution in [3.05, 3.63) is 0 Å². The third-order valence-electron chi connectivity index (χ3n) is 1.81. The quantitative estimate of drug-likeness (QED) is 0.485. The summed E-state index contributed by atoms with van der Waals surface area (Å²) in [6.07, 6.45) is -1.33. The molecule has 1 N–H and O–H groups in total. The van der Waals surface area contributed by atoms with Crippen molar-refractivity contribution in [2.45, 2.75) is 24.7 Å². The van der Waals surface area contributed by atoms with Crippen LogP contribution in [0.1, 0.15) is 9.64 Å². The normalized spacial score (nSPS) is 67.9. The predicted octanol–water partition coefficient (Wildman–Crippen LogP) is -0.465. The Bertz CT molecular complexity index is 177. The van der Waals surface area contributed by atoms with Crippen LogP contribution < -0.4 is 0 Å². The Hall–Kier alpha value is -0.120. The maximum atomic E-state index is 9.46. The van der Waals surface area contributed by atoms with Gasteiger partial charge in [-0.2, -0.15) is 0 Å². The number of aliphatic hydroxyl groups is 1. The van der Waals surface area contributed by atoms with Gasteiger partial charge in [0, 0.05) is 1.37 Å². The fourth-order valence-corrected chi connectivity index (χ4v) is 1.13. The molecular formula is C6H10O3. The van der Waals surface area contributed by atoms with Crippen LogP contribution in [-0.2, 0) is 9.47 Å². The van der Waals surface area contributed by atoms with Crippen LogP contribution in [0.4, 0.5) is 0 Å². The van der Waals surface area contributed by atoms with E-state index in [0.29, 0.717) is 0 Å². The molecule has 9 heavy (non-hydrogen) atoms. The molecule has 0 aliphatic carbocycles. The van der Waals surface area contributed by atoms with Crippen LogP contribution in [0.15, 0.2) is 0 Å². The van der Waals surface area contributed by atoms with Crippen molar-refractivity contribution in [2.75, 3.05) is 13.2 Å². The molecule has 2 saturated heterocycles. The van der Waals surface area contributed by atoms with Crippen LogP contribution >= 0.6 is 0 Å². The zero-order chi connectivity index (χ0) is 8.06. The molecule has 0 saturated carbocycles. The van der Waals surface area contributed by atoms with Gasteiger partial charge in [-0.3, -0.25) is 0 Å². The molecule has 52 valence electrons. The summed E-state index contributed by atoms with van der Waals surface area (Å²) in [5.74, 6) is 0. The smallest absolute Gasteiger partial charge is 0.117 e. The molecule has 0 aromatic rings. The summed E-state index contributed by atoms with van der Waals surface area (Å²) in [5.41, 5.74) is -0.906. The summed E-state index contributed by atoms with van der Waals surface area (Å²) >= 11 is 0. The second kappa shape index (κ2) is 1.48. The second-order valence-corrected chi connectivity index (χ2v) is 2.54. The van der Waals surface area contributed by atoms with Gasteiger partial charge in [0.25, 0.3) is 0 Å². The molecule has 0 unspecified atom stereocenters. The van der Waals surface area contributed by atoms with E-state index in [4.69, 9.17) is 12.2 Å². The Labute approximate surface area is 56.4 Å². The van der Waals surface area contributed by atoms with Gasteiger partial charge in [0.2, 0.25) is 0 Å². The van der Waals surface area contributed by atoms with Crippen LogP contribution in [0.2, 0.25) is 0 Å². The summed E-state index contributed by atoms with van der Waals surface area (Å²) in [6, 6.07) is 0. The molecule has 2 bridgehead atoms. The molecule has 3 heteroatoms. The van der Waals surface area contributed by atoms with E-state index in [1.54, 1.807) is 0 Å². The molecule has 2 fully saturated rings. The van der Waals surface area contributed by atoms with E-state index in [0.717, 1.165) is 0 Å². The first-order chi connectivity index (χ1) is 5.19. The molecule has 2 heterocycles. The van der Waals surface area contributed by atoms with Crippen molar-refractivity contribution >= 4 is 0 Å². The van der Waals surface area contributed by atoms with Gasteiger partial charge >= 0.3 is 0 Å². The Morgan fingerprint density at radius 2 is 3.00 bits per heavy atom. The number of hydrogen-bond donors (Lipinski definition) is 1. The van der Waals surface area contributed by atoms with Crippen molar-refractivity contribution in [1.82, 2.24) is 0 Å². The highest BCUT2D eigenvalue weighted by Gasteiger charge is 2.52. The summed E-state index contributed by atoms with van der Waals surface area (Å²) in [7, 11) is 0. The molecule has 4 atom stereocenters. The van der Waals surface area contributed by atoms with Gasteiger partial charge in [-0.05, 0) is 6.90 Å². The van der Waals surface area contributed by atoms with Crippen molar-refractivity contribution in [1.29, 1.82) is 0 Å². The lowest BCUT2D eigenvalue weighted by Crippen LogP contribution is -2.35. The lowest BCUT2D eigenvalue weighted by molar-refractivity contribution is -0.0900. The number of ether oxygens (including phenoxy) is 2. The van der Waals surface area contributed by atoms with Gasteiger partial charge < -0.3 is 14.6 Å². The van der Waals surface area contributed by atoms with Gasteiger partial charge in [-0.15, -0.1) is 0 Å². The third-order valence-corrected chi connectivity index (χ3v) is 1.81. The minimum atomic E-state index is -0.906. The first-order valence-electron chi connectivity index (χ1n) is 4.17. The van der Waals surface area contributed by atoms with E-state index in [1.807, 2.05) is 0 Å². The Kier molecular flexibility index (Phi) is 0.642. The van der Waals surface area contributed by atoms with Crippen molar-refractivity contribution in [3.8, 4) is 0 Å². The molecule has 2 aliphatic heterocycles. The topological polar surface area (TPSA) is 38.7 Å². The molecule has 0 amide bonds. The minimum absolute atomic E-state index is 0.0416. The predicted molar refractivity (Wildman–Crippen MR) is 30.1 cm³/mol. The Morgan fingerprint density at radius 1 is 2.11 bits per heavy atom. The van der Waals surface area contributed by atoms with Gasteiger partial charge in [0.15, 0.2) is 0 Å². The van der Waals surface area contributed by atoms with Crippen molar-refractivity contribution in [3.63, 3.8) is 0 Å². The van der Waals surface area contributed by atoms with Gasteiger partial charge in [0.05, 0.1) is 14.6 Å². The average molecular weight is 133 g/mol. The fourth-order valence-electron chi connectivity index (χ4n) is 1.13. The van der Waals surface area contributed by atoms with E-state index >= 15 is 0 Å². The summed E-state index contributed by atoms with van der Waals surface area (Å²) in [6.45, 7) is -0.610. The van der Waals surface area contributed by atoms with Crippen molar-refractivity contribution in [2.24, 2.45) is 0 Å². The standard InChI is InChI=1S/C6H10O3/c1-6-3-8-4(2-9-6)5(6)7/h4-5,7H,2-3H2,1H3/t4-,5-,6-/m0/s1/i1D,2T/t2-,4+,5+,6+/m1. The molecule has 3 nitrogen and oxygen atoms in total. The molecular weight excluding hydrogens is 120 g/mol. The molecule has 0 aromatic heterocycles. The SMILES string of the molecule is [2H]C[C@@]12CO[C@@H]([C@@H]([3H])O1)[C@@H]2O. The zero-order valence-electron chi connectivity index (χ0n) is 6.91. The molecule has 2 rings (SSSR count). The molecule has 0 radical (unpaired) electrons. The monoisotopic (exact) mass is 133 g/mol. The first-order valence-corrected chi connectivity index (χ1v) is 2.88. The van der Waals surface area contributed by atoms with E-state index < -0.39 is 24.4 Å². The molecule has 2 aliphatic rings. The van der Waals surface area contributed by atoms with Gasteiger partial charge in [0.1, 0.15) is 17.8 Å². The van der Waals surface area contributed by atoms with Crippen LogP contribution in [-0.4, -0.2) is 36.1 Å². The van der Waals surface area contributed by atoms with E-state index in [1.165, 1.54) is 0 Å². The number of rotatable bonds is 0. The maximum absolute atomic E-state index is 9.46. The Morgan fingerprint density at radius 3 is 3.33 bits per heavy atom. The summed E-state index contributed by atoms with van der Waals surface area (Å²) < 4.78 is 24.6. The van der Waals surface area contributed by atoms with E-state index in [9.17, 15) is 5.11 Å². The summed E-state index contributed by atoms with van der Waals surface area (Å²) in [5, 5.41) is 9.46. The van der Waals surface area contributed by atoms with Crippen LogP contribution in [0, 0.1) is 0 Å². The first kappa shape index (κ1) is 3.91. The van der Waals surface area contributed by atoms with E-state index in [-0.39, 0.29) is 13.5 Å². The lowest BCUT2D eigenvalue weighted by Gasteiger charge is -2.20. The average Bonchev–Trinajstić information content (AvgIpc) is 2.42. The molecule has 0 aromatic carbocycles. The second-order valence-electron chi connectivity index (χ2n) is 2.54. The van der Waals surface area contributed by atoms with Crippen LogP contribution in [0.3, 0.4) is 0 Å². The highest BCUT2D eigenvalue weighted by Crippen LogP contribution is 2.34. The summed E-state index contributed by atoms with van der Waals surface area (Å²) in [4.78, 5) is 0. The Balaban J connectivity index is 2.24. The van der Waals surface area contributed by atoms with E-state index in [2.05, 4.69) is 0 Å². The highest BCUT2D eigenvalue weighted by molar-refractivity contribution is 5.00. The third kappa shape index (κ3) is 0.569. The number of hydrogen-bond acceptors (Lipinski definition) is 3. The number of aliphatic hydroxyl groups excluding tert-OH is 1. The van der Waals surface area contributed by atoms with Crippen LogP contribution in [0.5, 0.6) is 0 Å². The zero-order valence-corrected chi connectivity index (χ0v) is 4.91. The number of fused-ring (bicyclic) bond motifs is 2. The fraction of sp³-hybridized carbons (Fsp3) is 1.00.